The van der Waals surface area contributed by atoms with Crippen LogP contribution in [0, 0.1) is 40.4 Å². The van der Waals surface area contributed by atoms with Crippen molar-refractivity contribution in [2.45, 2.75) is 82.5 Å². The van der Waals surface area contributed by atoms with E-state index in [-0.39, 0.29) is 65.2 Å². The molecule has 6 rings (SSSR count). The van der Waals surface area contributed by atoms with Crippen molar-refractivity contribution in [2.75, 3.05) is 41.0 Å². The number of hydrogen-bond donors (Lipinski definition) is 1. The number of methoxy groups -OCH3 is 3. The number of ether oxygens (including phenoxy) is 5. The fourth-order valence-electron chi connectivity index (χ4n) is 11.4. The Hall–Kier alpha value is -1.26. The number of aliphatic hydroxyl groups excluding tert-OH is 1. The fraction of sp³-hybridized carbons (Fsp3) is 0.929. The van der Waals surface area contributed by atoms with Gasteiger partial charge in [0.25, 0.3) is 0 Å². The van der Waals surface area contributed by atoms with E-state index in [2.05, 4.69) is 11.8 Å². The van der Waals surface area contributed by atoms with Crippen LogP contribution in [-0.2, 0) is 33.3 Å². The zero-order chi connectivity index (χ0) is 26.5. The number of carbonyl (C=O) groups excluding carboxylic acids is 2. The lowest BCUT2D eigenvalue weighted by Gasteiger charge is -2.69. The van der Waals surface area contributed by atoms with Crippen molar-refractivity contribution >= 4 is 11.9 Å². The molecule has 37 heavy (non-hydrogen) atoms. The molecule has 1 N–H and O–H groups in total. The number of rotatable bonds is 7. The Balaban J connectivity index is 1.65. The average Bonchev–Trinajstić information content (AvgIpc) is 3.27. The number of likely N-dealkylation sites (tertiary alicyclic amines) is 1. The summed E-state index contributed by atoms with van der Waals surface area (Å²) in [6.07, 6.45) is 1.46. The predicted molar refractivity (Wildman–Crippen MR) is 131 cm³/mol. The average molecular weight is 522 g/mol. The molecule has 1 aliphatic heterocycles. The van der Waals surface area contributed by atoms with Crippen molar-refractivity contribution in [3.05, 3.63) is 0 Å². The molecule has 13 atom stereocenters. The highest BCUT2D eigenvalue weighted by atomic mass is 16.6. The molecule has 6 aliphatic rings. The van der Waals surface area contributed by atoms with Gasteiger partial charge in [-0.3, -0.25) is 14.5 Å². The SMILES string of the molecule is CCN1C[C@]2(COC)CC[C@H](O)[C@@]34C5C[C@@H]6[C@@H](OC)C[C@@](OC(C)=O)(C5[C@@H]6OC(C)=O)C([C@H](OC)[C@H]23)[C@@H]14. The van der Waals surface area contributed by atoms with Gasteiger partial charge in [-0.15, -0.1) is 0 Å². The molecule has 1 heterocycles. The summed E-state index contributed by atoms with van der Waals surface area (Å²) < 4.78 is 31.0. The van der Waals surface area contributed by atoms with E-state index in [1.807, 2.05) is 0 Å². The van der Waals surface area contributed by atoms with E-state index in [1.165, 1.54) is 13.8 Å². The molecule has 7 bridgehead atoms. The highest BCUT2D eigenvalue weighted by molar-refractivity contribution is 5.68. The molecule has 5 saturated carbocycles. The van der Waals surface area contributed by atoms with Crippen molar-refractivity contribution in [2.24, 2.45) is 40.4 Å². The molecule has 1 spiro atoms. The third kappa shape index (κ3) is 2.98. The second-order valence-corrected chi connectivity index (χ2v) is 12.7. The zero-order valence-electron chi connectivity index (χ0n) is 23.0. The first-order valence-electron chi connectivity index (χ1n) is 14.0. The monoisotopic (exact) mass is 521 g/mol. The van der Waals surface area contributed by atoms with E-state index in [1.54, 1.807) is 21.3 Å². The third-order valence-corrected chi connectivity index (χ3v) is 11.7. The van der Waals surface area contributed by atoms with Crippen LogP contribution in [0.3, 0.4) is 0 Å². The molecule has 1 saturated heterocycles. The van der Waals surface area contributed by atoms with Crippen LogP contribution < -0.4 is 0 Å². The molecule has 9 nitrogen and oxygen atoms in total. The Bertz CT molecular complexity index is 960. The largest absolute Gasteiger partial charge is 0.462 e. The van der Waals surface area contributed by atoms with Gasteiger partial charge < -0.3 is 28.8 Å². The second-order valence-electron chi connectivity index (χ2n) is 12.7. The van der Waals surface area contributed by atoms with Gasteiger partial charge in [0.1, 0.15) is 11.7 Å². The molecule has 0 aromatic rings. The molecule has 208 valence electrons. The van der Waals surface area contributed by atoms with Gasteiger partial charge >= 0.3 is 11.9 Å². The number of carbonyl (C=O) groups is 2. The maximum absolute atomic E-state index is 12.9. The van der Waals surface area contributed by atoms with Gasteiger partial charge in [0.2, 0.25) is 0 Å². The van der Waals surface area contributed by atoms with Crippen LogP contribution in [-0.4, -0.2) is 99.0 Å². The number of piperidine rings is 1. The highest BCUT2D eigenvalue weighted by Gasteiger charge is 2.87. The zero-order valence-corrected chi connectivity index (χ0v) is 23.0. The number of aliphatic hydroxyl groups is 1. The minimum absolute atomic E-state index is 0.00590. The summed E-state index contributed by atoms with van der Waals surface area (Å²) in [5.41, 5.74) is -1.57. The molecule has 0 aromatic carbocycles. The first kappa shape index (κ1) is 26.0. The molecule has 9 heteroatoms. The first-order chi connectivity index (χ1) is 17.7. The van der Waals surface area contributed by atoms with Gasteiger partial charge in [-0.05, 0) is 31.7 Å². The third-order valence-electron chi connectivity index (χ3n) is 11.7. The summed E-state index contributed by atoms with van der Waals surface area (Å²) in [7, 11) is 5.22. The maximum Gasteiger partial charge on any atom is 0.303 e. The quantitative estimate of drug-likeness (QED) is 0.501. The maximum atomic E-state index is 12.9. The van der Waals surface area contributed by atoms with Gasteiger partial charge in [-0.1, -0.05) is 6.92 Å². The van der Waals surface area contributed by atoms with E-state index in [9.17, 15) is 14.7 Å². The molecular weight excluding hydrogens is 478 g/mol. The topological polar surface area (TPSA) is 104 Å². The fourth-order valence-corrected chi connectivity index (χ4v) is 11.4. The van der Waals surface area contributed by atoms with E-state index in [0.717, 1.165) is 25.9 Å². The molecular formula is C28H43NO8. The molecule has 0 amide bonds. The Morgan fingerprint density at radius 1 is 1.05 bits per heavy atom. The number of fused-ring (bicyclic) bond motifs is 2. The van der Waals surface area contributed by atoms with Crippen LogP contribution in [0.15, 0.2) is 0 Å². The van der Waals surface area contributed by atoms with Crippen LogP contribution in [0.25, 0.3) is 0 Å². The summed E-state index contributed by atoms with van der Waals surface area (Å²) in [4.78, 5) is 27.8. The number of esters is 2. The minimum atomic E-state index is -0.922. The second kappa shape index (κ2) is 8.62. The van der Waals surface area contributed by atoms with E-state index < -0.39 is 23.2 Å². The van der Waals surface area contributed by atoms with Crippen LogP contribution in [0.1, 0.15) is 46.5 Å². The smallest absolute Gasteiger partial charge is 0.303 e. The normalized spacial score (nSPS) is 53.2. The van der Waals surface area contributed by atoms with Crippen molar-refractivity contribution in [3.63, 3.8) is 0 Å². The summed E-state index contributed by atoms with van der Waals surface area (Å²) in [5, 5.41) is 12.1. The van der Waals surface area contributed by atoms with Crippen molar-refractivity contribution in [1.82, 2.24) is 4.90 Å². The number of nitrogens with zero attached hydrogens (tertiary/aromatic N) is 1. The Labute approximate surface area is 219 Å². The van der Waals surface area contributed by atoms with Crippen molar-refractivity contribution < 1.29 is 38.4 Å². The minimum Gasteiger partial charge on any atom is -0.462 e. The van der Waals surface area contributed by atoms with Gasteiger partial charge in [-0.2, -0.15) is 0 Å². The molecule has 6 fully saturated rings. The van der Waals surface area contributed by atoms with Gasteiger partial charge in [0.15, 0.2) is 0 Å². The lowest BCUT2D eigenvalue weighted by Crippen LogP contribution is -2.76. The lowest BCUT2D eigenvalue weighted by molar-refractivity contribution is -0.278. The highest BCUT2D eigenvalue weighted by Crippen LogP contribution is 2.80. The van der Waals surface area contributed by atoms with E-state index in [0.29, 0.717) is 19.4 Å². The van der Waals surface area contributed by atoms with Gasteiger partial charge in [-0.25, -0.2) is 0 Å². The summed E-state index contributed by atoms with van der Waals surface area (Å²) >= 11 is 0. The van der Waals surface area contributed by atoms with E-state index in [4.69, 9.17) is 23.7 Å². The van der Waals surface area contributed by atoms with Crippen LogP contribution in [0.5, 0.6) is 0 Å². The Morgan fingerprint density at radius 3 is 2.41 bits per heavy atom. The molecule has 0 aromatic heterocycles. The standard InChI is InChI=1S/C28H43NO8/c1-7-29-12-26(13-33-4)9-8-19(32)28-17-10-16-18(34-5)11-27(37-15(3)31,20(17)22(16)36-14(2)30)21(25(28)29)23(35-6)24(26)28/h16-25,32H,7-13H2,1-6H3/t16-,17?,18+,19+,20?,21?,22-,23+,24-,25-,26+,27-,28+/m1/s1. The molecule has 0 radical (unpaired) electrons. The van der Waals surface area contributed by atoms with Gasteiger partial charge in [0.05, 0.1) is 24.9 Å². The Morgan fingerprint density at radius 2 is 1.81 bits per heavy atom. The first-order valence-corrected chi connectivity index (χ1v) is 14.0. The summed E-state index contributed by atoms with van der Waals surface area (Å²) in [6.45, 7) is 7.38. The number of hydrogen-bond acceptors (Lipinski definition) is 9. The lowest BCUT2D eigenvalue weighted by atomic mass is 9.43. The van der Waals surface area contributed by atoms with Gasteiger partial charge in [0, 0.05) is 88.7 Å². The predicted octanol–water partition coefficient (Wildman–Crippen LogP) is 1.64. The van der Waals surface area contributed by atoms with Crippen LogP contribution >= 0.6 is 0 Å². The molecule has 3 unspecified atom stereocenters. The van der Waals surface area contributed by atoms with Crippen LogP contribution in [0.4, 0.5) is 0 Å². The van der Waals surface area contributed by atoms with Crippen molar-refractivity contribution in [1.29, 1.82) is 0 Å². The van der Waals surface area contributed by atoms with Crippen molar-refractivity contribution in [3.8, 4) is 0 Å². The van der Waals surface area contributed by atoms with E-state index >= 15 is 0 Å². The molecule has 5 aliphatic carbocycles. The Kier molecular flexibility index (Phi) is 6.05. The summed E-state index contributed by atoms with van der Waals surface area (Å²) in [5.74, 6) is -1.05. The van der Waals surface area contributed by atoms with Crippen LogP contribution in [0.2, 0.25) is 0 Å². The summed E-state index contributed by atoms with van der Waals surface area (Å²) in [6, 6.07) is -0.0133.